The minimum Gasteiger partial charge on any atom is -0.491 e. The third-order valence-corrected chi connectivity index (χ3v) is 6.93. The van der Waals surface area contributed by atoms with E-state index in [1.807, 2.05) is 18.2 Å². The molecule has 1 aliphatic heterocycles. The molecule has 0 atom stereocenters. The van der Waals surface area contributed by atoms with Crippen molar-refractivity contribution in [1.29, 1.82) is 0 Å². The molecule has 0 aliphatic carbocycles. The predicted octanol–water partition coefficient (Wildman–Crippen LogP) is 5.08. The Balaban J connectivity index is 1.24. The van der Waals surface area contributed by atoms with Crippen LogP contribution < -0.4 is 9.64 Å². The molecule has 0 bridgehead atoms. The number of piperazine rings is 1. The Morgan fingerprint density at radius 3 is 2.29 bits per heavy atom. The first-order valence-electron chi connectivity index (χ1n) is 11.9. The molecule has 2 aromatic carbocycles. The standard InChI is InChI=1S/C26H32IN3O4S/c1-29-10-12-30(13-11-29)23-5-2-21(3-6-23)25-8-4-22-20-24(7-9-26(22)28-25)33-18-16-31-14-15-32-17-19-34-35-27/h2-9,20H,10-19H2,1H3. The summed E-state index contributed by atoms with van der Waals surface area (Å²) in [6.45, 7) is 7.62. The summed E-state index contributed by atoms with van der Waals surface area (Å²) in [6.07, 6.45) is 0. The molecule has 1 saturated heterocycles. The maximum atomic E-state index is 5.84. The number of nitrogens with zero attached hydrogens (tertiary/aromatic N) is 3. The van der Waals surface area contributed by atoms with E-state index in [2.05, 4.69) is 74.5 Å². The molecule has 4 rings (SSSR count). The van der Waals surface area contributed by atoms with Gasteiger partial charge in [-0.1, -0.05) is 18.2 Å². The molecule has 3 aromatic rings. The Morgan fingerprint density at radius 1 is 0.829 bits per heavy atom. The Morgan fingerprint density at radius 2 is 1.54 bits per heavy atom. The van der Waals surface area contributed by atoms with Crippen molar-refractivity contribution in [2.75, 3.05) is 77.8 Å². The van der Waals surface area contributed by atoms with Crippen molar-refractivity contribution in [3.63, 3.8) is 0 Å². The van der Waals surface area contributed by atoms with E-state index in [4.69, 9.17) is 23.4 Å². The first-order chi connectivity index (χ1) is 17.2. The van der Waals surface area contributed by atoms with E-state index in [1.54, 1.807) is 0 Å². The molecule has 188 valence electrons. The largest absolute Gasteiger partial charge is 0.491 e. The number of ether oxygens (including phenoxy) is 3. The SMILES string of the molecule is CN1CCN(c2ccc(-c3ccc4cc(OCCOCCOCCOSI)ccc4n3)cc2)CC1. The van der Waals surface area contributed by atoms with Gasteiger partial charge in [-0.2, -0.15) is 0 Å². The van der Waals surface area contributed by atoms with Crippen molar-refractivity contribution in [2.24, 2.45) is 0 Å². The van der Waals surface area contributed by atoms with Gasteiger partial charge in [-0.15, -0.1) is 0 Å². The van der Waals surface area contributed by atoms with Gasteiger partial charge >= 0.3 is 0 Å². The molecule has 0 N–H and O–H groups in total. The summed E-state index contributed by atoms with van der Waals surface area (Å²) in [7, 11) is 3.50. The number of rotatable bonds is 13. The number of hydrogen-bond acceptors (Lipinski definition) is 8. The van der Waals surface area contributed by atoms with Gasteiger partial charge in [0.25, 0.3) is 0 Å². The second-order valence-corrected chi connectivity index (χ2v) is 9.79. The Hall–Kier alpha value is -1.63. The number of pyridine rings is 1. The molecule has 35 heavy (non-hydrogen) atoms. The zero-order valence-electron chi connectivity index (χ0n) is 20.0. The topological polar surface area (TPSA) is 56.3 Å². The van der Waals surface area contributed by atoms with Crippen LogP contribution in [-0.4, -0.2) is 82.8 Å². The Bertz CT molecular complexity index is 1050. The summed E-state index contributed by atoms with van der Waals surface area (Å²) in [6, 6.07) is 18.9. The number of fused-ring (bicyclic) bond motifs is 1. The molecule has 7 nitrogen and oxygen atoms in total. The van der Waals surface area contributed by atoms with E-state index in [0.717, 1.165) is 54.1 Å². The van der Waals surface area contributed by atoms with Crippen LogP contribution in [0.5, 0.6) is 5.75 Å². The summed E-state index contributed by atoms with van der Waals surface area (Å²) in [5.74, 6) is 0.817. The summed E-state index contributed by atoms with van der Waals surface area (Å²) in [5, 5.41) is 1.06. The van der Waals surface area contributed by atoms with Crippen LogP contribution in [0.25, 0.3) is 22.2 Å². The highest BCUT2D eigenvalue weighted by atomic mass is 127. The van der Waals surface area contributed by atoms with Gasteiger partial charge < -0.3 is 28.2 Å². The average molecular weight is 610 g/mol. The second kappa shape index (κ2) is 14.2. The first kappa shape index (κ1) is 26.4. The van der Waals surface area contributed by atoms with Crippen LogP contribution in [0.4, 0.5) is 5.69 Å². The van der Waals surface area contributed by atoms with Gasteiger partial charge in [0.2, 0.25) is 0 Å². The molecule has 2 heterocycles. The molecular weight excluding hydrogens is 577 g/mol. The third kappa shape index (κ3) is 8.19. The molecule has 0 amide bonds. The molecule has 0 radical (unpaired) electrons. The molecule has 1 aromatic heterocycles. The minimum absolute atomic E-state index is 0.491. The van der Waals surface area contributed by atoms with Crippen LogP contribution in [0.3, 0.4) is 0 Å². The van der Waals surface area contributed by atoms with E-state index in [1.165, 1.54) is 14.9 Å². The molecule has 1 aliphatic rings. The summed E-state index contributed by atoms with van der Waals surface area (Å²) in [5.41, 5.74) is 4.34. The first-order valence-corrected chi connectivity index (χ1v) is 15.1. The fraction of sp³-hybridized carbons (Fsp3) is 0.423. The molecule has 0 spiro atoms. The normalized spacial score (nSPS) is 14.5. The Kier molecular flexibility index (Phi) is 10.7. The number of anilines is 1. The molecule has 9 heteroatoms. The van der Waals surface area contributed by atoms with Gasteiger partial charge in [0.05, 0.1) is 53.5 Å². The van der Waals surface area contributed by atoms with Gasteiger partial charge in [-0.05, 0) is 43.4 Å². The summed E-state index contributed by atoms with van der Waals surface area (Å²) >= 11 is 2.09. The van der Waals surface area contributed by atoms with E-state index in [9.17, 15) is 0 Å². The minimum atomic E-state index is 0.491. The van der Waals surface area contributed by atoms with Crippen LogP contribution in [0.15, 0.2) is 54.6 Å². The van der Waals surface area contributed by atoms with E-state index >= 15 is 0 Å². The lowest BCUT2D eigenvalue weighted by atomic mass is 10.1. The van der Waals surface area contributed by atoms with E-state index in [0.29, 0.717) is 39.6 Å². The zero-order chi connectivity index (χ0) is 24.3. The monoisotopic (exact) mass is 609 g/mol. The van der Waals surface area contributed by atoms with Gasteiger partial charge in [0.15, 0.2) is 0 Å². The average Bonchev–Trinajstić information content (AvgIpc) is 2.90. The van der Waals surface area contributed by atoms with Gasteiger partial charge in [-0.25, -0.2) is 4.98 Å². The maximum absolute atomic E-state index is 5.84. The summed E-state index contributed by atoms with van der Waals surface area (Å²) in [4.78, 5) is 9.69. The summed E-state index contributed by atoms with van der Waals surface area (Å²) < 4.78 is 21.9. The second-order valence-electron chi connectivity index (χ2n) is 8.35. The molecule has 0 saturated carbocycles. The van der Waals surface area contributed by atoms with Crippen molar-refractivity contribution in [2.45, 2.75) is 0 Å². The van der Waals surface area contributed by atoms with Gasteiger partial charge in [0.1, 0.15) is 12.4 Å². The van der Waals surface area contributed by atoms with E-state index in [-0.39, 0.29) is 0 Å². The number of likely N-dealkylation sites (N-methyl/N-ethyl adjacent to an activating group) is 1. The maximum Gasteiger partial charge on any atom is 0.120 e. The van der Waals surface area contributed by atoms with Crippen LogP contribution in [0.1, 0.15) is 0 Å². The highest BCUT2D eigenvalue weighted by molar-refractivity contribution is 14.2. The van der Waals surface area contributed by atoms with Crippen LogP contribution in [0.2, 0.25) is 0 Å². The number of aromatic nitrogens is 1. The fourth-order valence-corrected chi connectivity index (χ4v) is 4.60. The third-order valence-electron chi connectivity index (χ3n) is 5.92. The number of hydrogen-bond donors (Lipinski definition) is 0. The molecule has 0 unspecified atom stereocenters. The molecular formula is C26H32IN3O4S. The van der Waals surface area contributed by atoms with Crippen LogP contribution in [0, 0.1) is 0 Å². The van der Waals surface area contributed by atoms with Crippen molar-refractivity contribution >= 4 is 47.0 Å². The van der Waals surface area contributed by atoms with Crippen LogP contribution >= 0.6 is 30.4 Å². The highest BCUT2D eigenvalue weighted by Crippen LogP contribution is 2.26. The smallest absolute Gasteiger partial charge is 0.120 e. The van der Waals surface area contributed by atoms with Crippen molar-refractivity contribution < 1.29 is 18.4 Å². The number of halogens is 1. The van der Waals surface area contributed by atoms with Gasteiger partial charge in [-0.3, -0.25) is 0 Å². The van der Waals surface area contributed by atoms with Crippen molar-refractivity contribution in [3.05, 3.63) is 54.6 Å². The molecule has 1 fully saturated rings. The van der Waals surface area contributed by atoms with E-state index < -0.39 is 0 Å². The van der Waals surface area contributed by atoms with Crippen LogP contribution in [-0.2, 0) is 13.7 Å². The highest BCUT2D eigenvalue weighted by Gasteiger charge is 2.14. The van der Waals surface area contributed by atoms with Gasteiger partial charge in [0, 0.05) is 64.0 Å². The lowest BCUT2D eigenvalue weighted by molar-refractivity contribution is 0.0293. The number of benzene rings is 2. The van der Waals surface area contributed by atoms with Crippen molar-refractivity contribution in [3.8, 4) is 17.0 Å². The fourth-order valence-electron chi connectivity index (χ4n) is 3.93. The lowest BCUT2D eigenvalue weighted by Gasteiger charge is -2.34. The Labute approximate surface area is 223 Å². The predicted molar refractivity (Wildman–Crippen MR) is 152 cm³/mol. The quantitative estimate of drug-likeness (QED) is 0.151. The zero-order valence-corrected chi connectivity index (χ0v) is 23.0. The van der Waals surface area contributed by atoms with Crippen molar-refractivity contribution in [1.82, 2.24) is 9.88 Å². The lowest BCUT2D eigenvalue weighted by Crippen LogP contribution is -2.44.